The summed E-state index contributed by atoms with van der Waals surface area (Å²) in [6.07, 6.45) is 2.27. The van der Waals surface area contributed by atoms with Crippen LogP contribution in [0.5, 0.6) is 11.5 Å². The smallest absolute Gasteiger partial charge is 0.162 e. The van der Waals surface area contributed by atoms with E-state index in [0.29, 0.717) is 28.4 Å². The largest absolute Gasteiger partial charge is 0.493 e. The molecular formula is C15H16ClN3O2. The molecule has 3 rings (SSSR count). The summed E-state index contributed by atoms with van der Waals surface area (Å²) in [6, 6.07) is 7.30. The van der Waals surface area contributed by atoms with E-state index in [4.69, 9.17) is 21.1 Å². The molecule has 1 fully saturated rings. The third kappa shape index (κ3) is 3.19. The van der Waals surface area contributed by atoms with Crippen molar-refractivity contribution in [3.05, 3.63) is 35.2 Å². The molecule has 0 spiro atoms. The van der Waals surface area contributed by atoms with Gasteiger partial charge in [-0.3, -0.25) is 0 Å². The highest BCUT2D eigenvalue weighted by Gasteiger charge is 2.27. The quantitative estimate of drug-likeness (QED) is 0.852. The van der Waals surface area contributed by atoms with Crippen molar-refractivity contribution in [1.82, 2.24) is 9.97 Å². The van der Waals surface area contributed by atoms with Gasteiger partial charge in [-0.25, -0.2) is 9.97 Å². The van der Waals surface area contributed by atoms with Crippen LogP contribution in [-0.2, 0) is 0 Å². The Morgan fingerprint density at radius 3 is 2.52 bits per heavy atom. The molecule has 5 nitrogen and oxygen atoms in total. The molecular weight excluding hydrogens is 290 g/mol. The molecule has 0 saturated heterocycles. The summed E-state index contributed by atoms with van der Waals surface area (Å²) in [7, 11) is 3.21. The van der Waals surface area contributed by atoms with Crippen molar-refractivity contribution in [3.8, 4) is 11.5 Å². The summed E-state index contributed by atoms with van der Waals surface area (Å²) in [6.45, 7) is 0. The van der Waals surface area contributed by atoms with Crippen molar-refractivity contribution >= 4 is 23.1 Å². The van der Waals surface area contributed by atoms with Gasteiger partial charge < -0.3 is 14.8 Å². The summed E-state index contributed by atoms with van der Waals surface area (Å²) in [5.74, 6) is 3.29. The molecule has 1 aromatic carbocycles. The van der Waals surface area contributed by atoms with Gasteiger partial charge in [-0.05, 0) is 25.0 Å². The van der Waals surface area contributed by atoms with Crippen LogP contribution in [0.3, 0.4) is 0 Å². The second kappa shape index (κ2) is 5.77. The highest BCUT2D eigenvalue weighted by molar-refractivity contribution is 6.29. The normalized spacial score (nSPS) is 13.9. The first-order chi connectivity index (χ1) is 10.2. The fraction of sp³-hybridized carbons (Fsp3) is 0.333. The fourth-order valence-electron chi connectivity index (χ4n) is 2.09. The molecule has 0 radical (unpaired) electrons. The van der Waals surface area contributed by atoms with Gasteiger partial charge in [0.15, 0.2) is 11.5 Å². The average molecular weight is 306 g/mol. The lowest BCUT2D eigenvalue weighted by Crippen LogP contribution is -2.00. The molecule has 0 amide bonds. The zero-order chi connectivity index (χ0) is 14.8. The first kappa shape index (κ1) is 13.9. The van der Waals surface area contributed by atoms with Crippen LogP contribution in [-0.4, -0.2) is 24.2 Å². The first-order valence-electron chi connectivity index (χ1n) is 6.73. The van der Waals surface area contributed by atoms with Gasteiger partial charge in [-0.1, -0.05) is 11.6 Å². The minimum absolute atomic E-state index is 0.453. The summed E-state index contributed by atoms with van der Waals surface area (Å²) in [5, 5.41) is 3.68. The van der Waals surface area contributed by atoms with Gasteiger partial charge in [0.1, 0.15) is 16.8 Å². The van der Waals surface area contributed by atoms with Crippen LogP contribution in [0.15, 0.2) is 24.3 Å². The topological polar surface area (TPSA) is 56.3 Å². The van der Waals surface area contributed by atoms with E-state index in [1.54, 1.807) is 20.3 Å². The summed E-state index contributed by atoms with van der Waals surface area (Å²) in [5.41, 5.74) is 0.851. The van der Waals surface area contributed by atoms with Gasteiger partial charge in [0.25, 0.3) is 0 Å². The van der Waals surface area contributed by atoms with Gasteiger partial charge in [-0.15, -0.1) is 0 Å². The second-order valence-electron chi connectivity index (χ2n) is 4.90. The number of hydrogen-bond acceptors (Lipinski definition) is 5. The molecule has 110 valence electrons. The van der Waals surface area contributed by atoms with Crippen molar-refractivity contribution in [3.63, 3.8) is 0 Å². The third-order valence-corrected chi connectivity index (χ3v) is 3.50. The Hall–Kier alpha value is -2.01. The van der Waals surface area contributed by atoms with E-state index in [9.17, 15) is 0 Å². The van der Waals surface area contributed by atoms with Crippen molar-refractivity contribution in [1.29, 1.82) is 0 Å². The monoisotopic (exact) mass is 305 g/mol. The van der Waals surface area contributed by atoms with Crippen LogP contribution in [0.4, 0.5) is 11.5 Å². The van der Waals surface area contributed by atoms with Crippen molar-refractivity contribution in [2.75, 3.05) is 19.5 Å². The maximum absolute atomic E-state index is 6.06. The Balaban J connectivity index is 1.86. The molecule has 0 unspecified atom stereocenters. The van der Waals surface area contributed by atoms with Gasteiger partial charge >= 0.3 is 0 Å². The molecule has 6 heteroatoms. The van der Waals surface area contributed by atoms with E-state index in [-0.39, 0.29) is 0 Å². The highest BCUT2D eigenvalue weighted by Crippen LogP contribution is 2.39. The second-order valence-corrected chi connectivity index (χ2v) is 5.29. The lowest BCUT2D eigenvalue weighted by Gasteiger charge is -2.11. The maximum Gasteiger partial charge on any atom is 0.162 e. The van der Waals surface area contributed by atoms with E-state index >= 15 is 0 Å². The maximum atomic E-state index is 6.06. The molecule has 1 N–H and O–H groups in total. The highest BCUT2D eigenvalue weighted by atomic mass is 35.5. The number of methoxy groups -OCH3 is 2. The van der Waals surface area contributed by atoms with Crippen LogP contribution in [0.2, 0.25) is 5.15 Å². The number of ether oxygens (including phenoxy) is 2. The van der Waals surface area contributed by atoms with Crippen molar-refractivity contribution in [2.45, 2.75) is 18.8 Å². The van der Waals surface area contributed by atoms with Crippen LogP contribution in [0, 0.1) is 0 Å². The molecule has 1 saturated carbocycles. The summed E-state index contributed by atoms with van der Waals surface area (Å²) < 4.78 is 10.5. The number of anilines is 2. The molecule has 21 heavy (non-hydrogen) atoms. The van der Waals surface area contributed by atoms with Crippen LogP contribution >= 0.6 is 11.6 Å². The lowest BCUT2D eigenvalue weighted by molar-refractivity contribution is 0.355. The molecule has 1 aliphatic rings. The Morgan fingerprint density at radius 1 is 1.10 bits per heavy atom. The van der Waals surface area contributed by atoms with Gasteiger partial charge in [0, 0.05) is 23.7 Å². The van der Waals surface area contributed by atoms with Crippen LogP contribution in [0.1, 0.15) is 24.6 Å². The van der Waals surface area contributed by atoms with Crippen LogP contribution < -0.4 is 14.8 Å². The minimum Gasteiger partial charge on any atom is -0.493 e. The SMILES string of the molecule is COc1ccc(Nc2cc(Cl)nc(C3CC3)n2)cc1OC. The molecule has 1 heterocycles. The standard InChI is InChI=1S/C15H16ClN3O2/c1-20-11-6-5-10(7-12(11)21-2)17-14-8-13(16)18-15(19-14)9-3-4-9/h5-9H,3-4H2,1-2H3,(H,17,18,19). The van der Waals surface area contributed by atoms with Crippen molar-refractivity contribution in [2.24, 2.45) is 0 Å². The van der Waals surface area contributed by atoms with E-state index in [1.807, 2.05) is 18.2 Å². The molecule has 2 aromatic rings. The molecule has 1 aliphatic carbocycles. The first-order valence-corrected chi connectivity index (χ1v) is 7.11. The molecule has 1 aromatic heterocycles. The Bertz CT molecular complexity index is 659. The molecule has 0 bridgehead atoms. The fourth-order valence-corrected chi connectivity index (χ4v) is 2.28. The number of benzene rings is 1. The molecule has 0 aliphatic heterocycles. The predicted molar refractivity (Wildman–Crippen MR) is 81.8 cm³/mol. The Morgan fingerprint density at radius 2 is 1.86 bits per heavy atom. The predicted octanol–water partition coefficient (Wildman–Crippen LogP) is 3.77. The molecule has 0 atom stereocenters. The van der Waals surface area contributed by atoms with Crippen molar-refractivity contribution < 1.29 is 9.47 Å². The van der Waals surface area contributed by atoms with E-state index in [0.717, 1.165) is 24.4 Å². The van der Waals surface area contributed by atoms with Gasteiger partial charge in [-0.2, -0.15) is 0 Å². The third-order valence-electron chi connectivity index (χ3n) is 3.31. The number of hydrogen-bond donors (Lipinski definition) is 1. The Labute approximate surface area is 128 Å². The zero-order valence-electron chi connectivity index (χ0n) is 11.9. The van der Waals surface area contributed by atoms with Crippen LogP contribution in [0.25, 0.3) is 0 Å². The number of halogens is 1. The number of aromatic nitrogens is 2. The minimum atomic E-state index is 0.453. The van der Waals surface area contributed by atoms with Gasteiger partial charge in [0.2, 0.25) is 0 Å². The average Bonchev–Trinajstić information content (AvgIpc) is 3.31. The zero-order valence-corrected chi connectivity index (χ0v) is 12.6. The van der Waals surface area contributed by atoms with E-state index in [1.165, 1.54) is 0 Å². The Kier molecular flexibility index (Phi) is 3.84. The summed E-state index contributed by atoms with van der Waals surface area (Å²) in [4.78, 5) is 8.78. The number of nitrogens with zero attached hydrogens (tertiary/aromatic N) is 2. The summed E-state index contributed by atoms with van der Waals surface area (Å²) >= 11 is 6.06. The number of rotatable bonds is 5. The van der Waals surface area contributed by atoms with E-state index in [2.05, 4.69) is 15.3 Å². The van der Waals surface area contributed by atoms with E-state index < -0.39 is 0 Å². The number of nitrogens with one attached hydrogen (secondary N) is 1. The lowest BCUT2D eigenvalue weighted by atomic mass is 10.2. The van der Waals surface area contributed by atoms with Gasteiger partial charge in [0.05, 0.1) is 14.2 Å².